The van der Waals surface area contributed by atoms with Gasteiger partial charge in [-0.2, -0.15) is 0 Å². The van der Waals surface area contributed by atoms with Crippen molar-refractivity contribution in [3.05, 3.63) is 101 Å². The fourth-order valence-electron chi connectivity index (χ4n) is 5.87. The molecule has 0 saturated carbocycles. The van der Waals surface area contributed by atoms with Crippen molar-refractivity contribution in [2.45, 2.75) is 55.8 Å². The van der Waals surface area contributed by atoms with Gasteiger partial charge in [-0.1, -0.05) is 54.6 Å². The highest BCUT2D eigenvalue weighted by atomic mass is 32.2. The van der Waals surface area contributed by atoms with Crippen molar-refractivity contribution in [2.24, 2.45) is 0 Å². The van der Waals surface area contributed by atoms with E-state index in [1.807, 2.05) is 54.6 Å². The first kappa shape index (κ1) is 24.0. The number of anilines is 1. The minimum absolute atomic E-state index is 0.164. The predicted octanol–water partition coefficient (Wildman–Crippen LogP) is 4.72. The Kier molecular flexibility index (Phi) is 6.20. The Hall–Kier alpha value is -2.74. The first-order valence-corrected chi connectivity index (χ1v) is 13.9. The average Bonchev–Trinajstić information content (AvgIpc) is 3.39. The molecule has 5 rings (SSSR count). The summed E-state index contributed by atoms with van der Waals surface area (Å²) >= 11 is 0. The average molecular weight is 495 g/mol. The number of nitrogens with one attached hydrogen (secondary N) is 1. The zero-order valence-electron chi connectivity index (χ0n) is 19.8. The Morgan fingerprint density at radius 2 is 1.63 bits per heavy atom. The summed E-state index contributed by atoms with van der Waals surface area (Å²) in [5.74, 6) is -0.344. The molecular formula is C28H31FN2O3S. The molecule has 0 amide bonds. The van der Waals surface area contributed by atoms with E-state index in [1.165, 1.54) is 22.7 Å². The predicted molar refractivity (Wildman–Crippen MR) is 136 cm³/mol. The molecule has 184 valence electrons. The van der Waals surface area contributed by atoms with Gasteiger partial charge >= 0.3 is 0 Å². The highest BCUT2D eigenvalue weighted by molar-refractivity contribution is 7.92. The molecule has 7 heteroatoms. The van der Waals surface area contributed by atoms with Crippen molar-refractivity contribution in [2.75, 3.05) is 10.6 Å². The minimum Gasteiger partial charge on any atom is -0.386 e. The molecule has 0 aromatic heterocycles. The highest BCUT2D eigenvalue weighted by Crippen LogP contribution is 2.51. The molecule has 3 aromatic carbocycles. The number of rotatable bonds is 8. The molecule has 2 fully saturated rings. The molecule has 0 aliphatic carbocycles. The Bertz CT molecular complexity index is 1300. The zero-order chi connectivity index (χ0) is 24.7. The molecule has 3 aromatic rings. The number of hydrogen-bond donors (Lipinski definition) is 2. The lowest BCUT2D eigenvalue weighted by Crippen LogP contribution is -2.47. The van der Waals surface area contributed by atoms with Gasteiger partial charge in [0.25, 0.3) is 0 Å². The van der Waals surface area contributed by atoms with Crippen LogP contribution in [0.2, 0.25) is 0 Å². The van der Waals surface area contributed by atoms with Crippen LogP contribution in [0.15, 0.2) is 78.9 Å². The van der Waals surface area contributed by atoms with Crippen LogP contribution < -0.4 is 9.62 Å². The number of aliphatic hydroxyl groups excluding tert-OH is 1. The molecule has 2 saturated heterocycles. The summed E-state index contributed by atoms with van der Waals surface area (Å²) in [5.41, 5.74) is 2.59. The third-order valence-electron chi connectivity index (χ3n) is 7.61. The second-order valence-electron chi connectivity index (χ2n) is 10.1. The van der Waals surface area contributed by atoms with Crippen molar-refractivity contribution in [3.8, 4) is 0 Å². The van der Waals surface area contributed by atoms with Crippen molar-refractivity contribution in [1.82, 2.24) is 5.32 Å². The van der Waals surface area contributed by atoms with Crippen molar-refractivity contribution >= 4 is 15.7 Å². The van der Waals surface area contributed by atoms with Crippen LogP contribution in [-0.4, -0.2) is 30.9 Å². The molecule has 2 N–H and O–H groups in total. The standard InChI is InChI=1S/C28H31FN2O3S/c1-35(33,34)31(20-21-7-3-2-4-8-21)25-12-5-9-22(17-25)19-27-13-15-28(30-27,16-14-27)26(32)23-10-6-11-24(29)18-23/h2-12,17-18,26,30,32H,13-16,19-20H2,1H3/t26-,27?,28?/m0/s1. The monoisotopic (exact) mass is 494 g/mol. The third kappa shape index (κ3) is 4.85. The van der Waals surface area contributed by atoms with E-state index < -0.39 is 21.7 Å². The Morgan fingerprint density at radius 3 is 2.31 bits per heavy atom. The lowest BCUT2D eigenvalue weighted by molar-refractivity contribution is 0.0734. The maximum absolute atomic E-state index is 13.8. The molecule has 0 unspecified atom stereocenters. The number of benzene rings is 3. The lowest BCUT2D eigenvalue weighted by Gasteiger charge is -2.32. The van der Waals surface area contributed by atoms with Crippen LogP contribution in [0.3, 0.4) is 0 Å². The van der Waals surface area contributed by atoms with E-state index in [4.69, 9.17) is 0 Å². The maximum atomic E-state index is 13.8. The fourth-order valence-corrected chi connectivity index (χ4v) is 6.75. The highest BCUT2D eigenvalue weighted by Gasteiger charge is 2.56. The lowest BCUT2D eigenvalue weighted by atomic mass is 9.76. The Labute approximate surface area is 206 Å². The summed E-state index contributed by atoms with van der Waals surface area (Å²) in [6.07, 6.45) is 4.63. The van der Waals surface area contributed by atoms with E-state index >= 15 is 0 Å². The minimum atomic E-state index is -3.47. The molecular weight excluding hydrogens is 463 g/mol. The zero-order valence-corrected chi connectivity index (χ0v) is 20.6. The first-order valence-electron chi connectivity index (χ1n) is 12.0. The molecule has 0 radical (unpaired) electrons. The summed E-state index contributed by atoms with van der Waals surface area (Å²) in [5, 5.41) is 14.9. The number of hydrogen-bond acceptors (Lipinski definition) is 4. The number of nitrogens with zero attached hydrogens (tertiary/aromatic N) is 1. The van der Waals surface area contributed by atoms with E-state index in [0.717, 1.165) is 43.2 Å². The smallest absolute Gasteiger partial charge is 0.232 e. The van der Waals surface area contributed by atoms with Crippen LogP contribution >= 0.6 is 0 Å². The number of fused-ring (bicyclic) bond motifs is 2. The van der Waals surface area contributed by atoms with Crippen LogP contribution in [0.4, 0.5) is 10.1 Å². The van der Waals surface area contributed by atoms with E-state index in [2.05, 4.69) is 5.32 Å². The molecule has 35 heavy (non-hydrogen) atoms. The summed E-state index contributed by atoms with van der Waals surface area (Å²) in [7, 11) is -3.47. The van der Waals surface area contributed by atoms with E-state index in [9.17, 15) is 17.9 Å². The van der Waals surface area contributed by atoms with E-state index in [0.29, 0.717) is 11.3 Å². The van der Waals surface area contributed by atoms with E-state index in [-0.39, 0.29) is 17.9 Å². The molecule has 2 heterocycles. The van der Waals surface area contributed by atoms with Crippen LogP contribution in [0.5, 0.6) is 0 Å². The second-order valence-corrected chi connectivity index (χ2v) is 12.0. The van der Waals surface area contributed by atoms with Crippen LogP contribution in [0.1, 0.15) is 48.5 Å². The van der Waals surface area contributed by atoms with Gasteiger partial charge in [-0.05, 0) is 73.1 Å². The number of aliphatic hydroxyl groups is 1. The number of halogens is 1. The normalized spacial score (nSPS) is 24.4. The maximum Gasteiger partial charge on any atom is 0.232 e. The Balaban J connectivity index is 1.36. The summed E-state index contributed by atoms with van der Waals surface area (Å²) in [6.45, 7) is 0.273. The van der Waals surface area contributed by atoms with Crippen LogP contribution in [0, 0.1) is 5.82 Å². The molecule has 1 atom stereocenters. The molecule has 2 aliphatic heterocycles. The molecule has 5 nitrogen and oxygen atoms in total. The van der Waals surface area contributed by atoms with Gasteiger partial charge < -0.3 is 10.4 Å². The largest absolute Gasteiger partial charge is 0.386 e. The quantitative estimate of drug-likeness (QED) is 0.475. The van der Waals surface area contributed by atoms with Gasteiger partial charge in [-0.15, -0.1) is 0 Å². The summed E-state index contributed by atoms with van der Waals surface area (Å²) in [6, 6.07) is 23.5. The van der Waals surface area contributed by atoms with Crippen molar-refractivity contribution < 1.29 is 17.9 Å². The van der Waals surface area contributed by atoms with E-state index in [1.54, 1.807) is 12.1 Å². The fraction of sp³-hybridized carbons (Fsp3) is 0.357. The van der Waals surface area contributed by atoms with Gasteiger partial charge in [-0.25, -0.2) is 12.8 Å². The van der Waals surface area contributed by atoms with Gasteiger partial charge in [0.15, 0.2) is 0 Å². The molecule has 2 bridgehead atoms. The topological polar surface area (TPSA) is 69.6 Å². The van der Waals surface area contributed by atoms with Gasteiger partial charge in [0.2, 0.25) is 10.0 Å². The summed E-state index contributed by atoms with van der Waals surface area (Å²) in [4.78, 5) is 0. The Morgan fingerprint density at radius 1 is 0.943 bits per heavy atom. The molecule has 2 aliphatic rings. The molecule has 0 spiro atoms. The first-order chi connectivity index (χ1) is 16.7. The van der Waals surface area contributed by atoms with Gasteiger partial charge in [0.05, 0.1) is 24.6 Å². The van der Waals surface area contributed by atoms with Gasteiger partial charge in [0, 0.05) is 11.1 Å². The van der Waals surface area contributed by atoms with Crippen molar-refractivity contribution in [1.29, 1.82) is 0 Å². The number of sulfonamides is 1. The van der Waals surface area contributed by atoms with Crippen molar-refractivity contribution in [3.63, 3.8) is 0 Å². The van der Waals surface area contributed by atoms with Gasteiger partial charge in [0.1, 0.15) is 5.82 Å². The SMILES string of the molecule is CS(=O)(=O)N(Cc1ccccc1)c1cccc(CC23CCC([C@@H](O)c4cccc(F)c4)(CC2)N3)c1. The van der Waals surface area contributed by atoms with Crippen LogP contribution in [0.25, 0.3) is 0 Å². The van der Waals surface area contributed by atoms with Crippen LogP contribution in [-0.2, 0) is 23.0 Å². The second kappa shape index (κ2) is 9.04. The van der Waals surface area contributed by atoms with Gasteiger partial charge in [-0.3, -0.25) is 4.31 Å². The summed E-state index contributed by atoms with van der Waals surface area (Å²) < 4.78 is 40.5. The third-order valence-corrected chi connectivity index (χ3v) is 8.75.